The van der Waals surface area contributed by atoms with Gasteiger partial charge in [-0.3, -0.25) is 14.4 Å². The van der Waals surface area contributed by atoms with Crippen LogP contribution < -0.4 is 20.1 Å². The largest absolute Gasteiger partial charge is 0.493 e. The van der Waals surface area contributed by atoms with E-state index in [9.17, 15) is 14.4 Å². The number of rotatable bonds is 10. The van der Waals surface area contributed by atoms with Gasteiger partial charge in [0.1, 0.15) is 17.5 Å². The lowest BCUT2D eigenvalue weighted by atomic mass is 9.95. The summed E-state index contributed by atoms with van der Waals surface area (Å²) in [6, 6.07) is 11.8. The number of benzene rings is 2. The van der Waals surface area contributed by atoms with Gasteiger partial charge in [-0.25, -0.2) is 0 Å². The molecule has 0 aliphatic carbocycles. The molecule has 0 saturated carbocycles. The Balaban J connectivity index is 1.45. The highest BCUT2D eigenvalue weighted by Crippen LogP contribution is 2.56. The van der Waals surface area contributed by atoms with E-state index < -0.39 is 16.8 Å². The minimum atomic E-state index is -0.710. The lowest BCUT2D eigenvalue weighted by molar-refractivity contribution is -0.132. The number of methoxy groups -OCH3 is 2. The average molecular weight is 540 g/mol. The van der Waals surface area contributed by atoms with Crippen molar-refractivity contribution in [1.29, 1.82) is 0 Å². The molecule has 2 aromatic rings. The van der Waals surface area contributed by atoms with E-state index in [2.05, 4.69) is 10.6 Å². The van der Waals surface area contributed by atoms with Gasteiger partial charge in [0.05, 0.1) is 14.2 Å². The third-order valence-electron chi connectivity index (χ3n) is 7.50. The predicted octanol–water partition coefficient (Wildman–Crippen LogP) is 3.94. The number of nitrogens with one attached hydrogen (secondary N) is 2. The number of thioether (sulfide) groups is 1. The van der Waals surface area contributed by atoms with Gasteiger partial charge < -0.3 is 25.0 Å². The number of hydrogen-bond donors (Lipinski definition) is 2. The molecule has 9 heteroatoms. The van der Waals surface area contributed by atoms with Gasteiger partial charge in [0.25, 0.3) is 5.91 Å². The Labute approximate surface area is 228 Å². The van der Waals surface area contributed by atoms with Gasteiger partial charge in [0.15, 0.2) is 11.5 Å². The molecule has 8 nitrogen and oxygen atoms in total. The summed E-state index contributed by atoms with van der Waals surface area (Å²) >= 11 is 1.61. The summed E-state index contributed by atoms with van der Waals surface area (Å²) in [6.45, 7) is 8.32. The van der Waals surface area contributed by atoms with Crippen LogP contribution in [0.3, 0.4) is 0 Å². The number of carbonyl (C=O) groups excluding carboxylic acids is 3. The van der Waals surface area contributed by atoms with E-state index in [0.717, 1.165) is 11.1 Å². The Hall–Kier alpha value is -3.20. The van der Waals surface area contributed by atoms with Crippen LogP contribution in [0.25, 0.3) is 0 Å². The lowest BCUT2D eigenvalue weighted by Crippen LogP contribution is -2.58. The lowest BCUT2D eigenvalue weighted by Gasteiger charge is -2.32. The standard InChI is InChI=1S/C29H37N3O5S/c1-7-17(2)23(25(33)30-15-14-18-12-13-21(36-5)22(16-18)37-6)31-26(34)24-29(3,4)38-28-20-11-9-8-10-19(20)27(35)32(24)28/h8-13,16-17,23-24,28H,7,14-15H2,1-6H3,(H,30,33)(H,31,34)/t17-,23-,24+,28+/m0/s1. The molecule has 0 unspecified atom stereocenters. The third kappa shape index (κ3) is 5.21. The molecule has 0 spiro atoms. The monoisotopic (exact) mass is 539 g/mol. The maximum absolute atomic E-state index is 13.7. The van der Waals surface area contributed by atoms with Crippen LogP contribution in [0.2, 0.25) is 0 Å². The molecule has 3 amide bonds. The highest BCUT2D eigenvalue weighted by molar-refractivity contribution is 8.01. The Morgan fingerprint density at radius 3 is 2.50 bits per heavy atom. The summed E-state index contributed by atoms with van der Waals surface area (Å²) < 4.78 is 10.1. The van der Waals surface area contributed by atoms with Crippen LogP contribution >= 0.6 is 11.8 Å². The highest BCUT2D eigenvalue weighted by Gasteiger charge is 2.57. The molecule has 2 aliphatic rings. The zero-order valence-corrected chi connectivity index (χ0v) is 23.7. The number of nitrogens with zero attached hydrogens (tertiary/aromatic N) is 1. The molecule has 2 aromatic carbocycles. The van der Waals surface area contributed by atoms with Gasteiger partial charge in [0, 0.05) is 16.9 Å². The van der Waals surface area contributed by atoms with E-state index >= 15 is 0 Å². The average Bonchev–Trinajstić information content (AvgIpc) is 3.34. The van der Waals surface area contributed by atoms with E-state index in [1.165, 1.54) is 0 Å². The van der Waals surface area contributed by atoms with Crippen LogP contribution in [0.1, 0.15) is 61.0 Å². The maximum atomic E-state index is 13.7. The number of ether oxygens (including phenoxy) is 2. The summed E-state index contributed by atoms with van der Waals surface area (Å²) in [5, 5.41) is 5.79. The quantitative estimate of drug-likeness (QED) is 0.475. The van der Waals surface area contributed by atoms with Crippen molar-refractivity contribution in [1.82, 2.24) is 15.5 Å². The first-order valence-electron chi connectivity index (χ1n) is 13.0. The topological polar surface area (TPSA) is 97.0 Å². The summed E-state index contributed by atoms with van der Waals surface area (Å²) in [4.78, 5) is 42.0. The summed E-state index contributed by atoms with van der Waals surface area (Å²) in [6.07, 6.45) is 1.31. The third-order valence-corrected chi connectivity index (χ3v) is 9.03. The summed E-state index contributed by atoms with van der Waals surface area (Å²) in [7, 11) is 3.18. The minimum absolute atomic E-state index is 0.0838. The Morgan fingerprint density at radius 2 is 1.82 bits per heavy atom. The van der Waals surface area contributed by atoms with E-state index in [-0.39, 0.29) is 29.0 Å². The van der Waals surface area contributed by atoms with Gasteiger partial charge in [-0.15, -0.1) is 11.8 Å². The summed E-state index contributed by atoms with van der Waals surface area (Å²) in [5.41, 5.74) is 2.58. The SMILES string of the molecule is CC[C@H](C)[C@H](NC(=O)[C@H]1N2C(=O)c3ccccc3[C@H]2SC1(C)C)C(=O)NCCc1ccc(OC)c(OC)c1. The second-order valence-electron chi connectivity index (χ2n) is 10.4. The molecule has 0 bridgehead atoms. The van der Waals surface area contributed by atoms with Gasteiger partial charge in [0.2, 0.25) is 11.8 Å². The molecule has 2 N–H and O–H groups in total. The normalized spacial score (nSPS) is 20.8. The molecule has 1 fully saturated rings. The molecule has 1 saturated heterocycles. The fourth-order valence-electron chi connectivity index (χ4n) is 5.21. The Morgan fingerprint density at radius 1 is 1.11 bits per heavy atom. The second kappa shape index (κ2) is 11.3. The zero-order valence-electron chi connectivity index (χ0n) is 22.9. The fourth-order valence-corrected chi connectivity index (χ4v) is 6.80. The molecule has 2 aliphatic heterocycles. The molecule has 4 atom stereocenters. The van der Waals surface area contributed by atoms with Crippen molar-refractivity contribution in [3.63, 3.8) is 0 Å². The van der Waals surface area contributed by atoms with Crippen LogP contribution in [0, 0.1) is 5.92 Å². The van der Waals surface area contributed by atoms with Crippen LogP contribution in [-0.2, 0) is 16.0 Å². The van der Waals surface area contributed by atoms with Crippen molar-refractivity contribution in [3.8, 4) is 11.5 Å². The first-order chi connectivity index (χ1) is 18.1. The first-order valence-corrected chi connectivity index (χ1v) is 13.9. The van der Waals surface area contributed by atoms with Gasteiger partial charge in [-0.05, 0) is 55.5 Å². The zero-order chi connectivity index (χ0) is 27.6. The highest BCUT2D eigenvalue weighted by atomic mass is 32.2. The number of amides is 3. The number of fused-ring (bicyclic) bond motifs is 3. The molecule has 0 aromatic heterocycles. The fraction of sp³-hybridized carbons (Fsp3) is 0.483. The molecule has 4 rings (SSSR count). The van der Waals surface area contributed by atoms with Crippen LogP contribution in [-0.4, -0.2) is 60.2 Å². The van der Waals surface area contributed by atoms with Crippen LogP contribution in [0.4, 0.5) is 0 Å². The van der Waals surface area contributed by atoms with Crippen molar-refractivity contribution in [2.24, 2.45) is 5.92 Å². The predicted molar refractivity (Wildman–Crippen MR) is 148 cm³/mol. The summed E-state index contributed by atoms with van der Waals surface area (Å²) in [5.74, 6) is 0.531. The smallest absolute Gasteiger partial charge is 0.256 e. The minimum Gasteiger partial charge on any atom is -0.493 e. The van der Waals surface area contributed by atoms with Crippen LogP contribution in [0.15, 0.2) is 42.5 Å². The van der Waals surface area contributed by atoms with E-state index in [1.54, 1.807) is 30.9 Å². The Bertz CT molecular complexity index is 1220. The van der Waals surface area contributed by atoms with Crippen molar-refractivity contribution < 1.29 is 23.9 Å². The van der Waals surface area contributed by atoms with Gasteiger partial charge in [-0.2, -0.15) is 0 Å². The van der Waals surface area contributed by atoms with Gasteiger partial charge >= 0.3 is 0 Å². The van der Waals surface area contributed by atoms with Crippen molar-refractivity contribution in [3.05, 3.63) is 59.2 Å². The van der Waals surface area contributed by atoms with Crippen LogP contribution in [0.5, 0.6) is 11.5 Å². The van der Waals surface area contributed by atoms with E-state index in [1.807, 2.05) is 70.2 Å². The maximum Gasteiger partial charge on any atom is 0.256 e. The first kappa shape index (κ1) is 27.8. The van der Waals surface area contributed by atoms with E-state index in [0.29, 0.717) is 36.4 Å². The number of hydrogen-bond acceptors (Lipinski definition) is 6. The Kier molecular flexibility index (Phi) is 8.25. The van der Waals surface area contributed by atoms with E-state index in [4.69, 9.17) is 9.47 Å². The molecular formula is C29H37N3O5S. The van der Waals surface area contributed by atoms with Crippen molar-refractivity contribution >= 4 is 29.5 Å². The van der Waals surface area contributed by atoms with Gasteiger partial charge in [-0.1, -0.05) is 44.5 Å². The van der Waals surface area contributed by atoms with Crippen molar-refractivity contribution in [2.45, 2.75) is 62.7 Å². The molecule has 204 valence electrons. The molecule has 2 heterocycles. The second-order valence-corrected chi connectivity index (χ2v) is 12.1. The molecule has 38 heavy (non-hydrogen) atoms. The molecular weight excluding hydrogens is 502 g/mol. The number of carbonyl (C=O) groups is 3. The molecule has 0 radical (unpaired) electrons. The van der Waals surface area contributed by atoms with Crippen molar-refractivity contribution in [2.75, 3.05) is 20.8 Å².